The maximum absolute atomic E-state index is 12.4. The van der Waals surface area contributed by atoms with Crippen molar-refractivity contribution >= 4 is 16.1 Å². The Bertz CT molecular complexity index is 674. The van der Waals surface area contributed by atoms with Crippen LogP contribution in [0, 0.1) is 6.92 Å². The molecule has 7 nitrogen and oxygen atoms in total. The minimum absolute atomic E-state index is 0.0398. The van der Waals surface area contributed by atoms with Gasteiger partial charge in [0.25, 0.3) is 10.1 Å². The number of hydrogen-bond donors (Lipinski definition) is 2. The van der Waals surface area contributed by atoms with E-state index in [9.17, 15) is 18.3 Å². The van der Waals surface area contributed by atoms with Crippen molar-refractivity contribution in [1.29, 1.82) is 0 Å². The molecule has 0 aliphatic carbocycles. The van der Waals surface area contributed by atoms with E-state index in [1.165, 1.54) is 26.0 Å². The zero-order valence-electron chi connectivity index (χ0n) is 14.8. The molecule has 2 N–H and O–H groups in total. The standard InChI is InChI=1S/C16H25NO6S/c1-11-7-9-12(10-8-11)24(20,21)23-16(5,6)13(14(18)19)17-22-15(2,3)4/h7-10,13,17H,1-6H3,(H,18,19). The number of hydroxylamine groups is 1. The fraction of sp³-hybridized carbons (Fsp3) is 0.562. The number of nitrogens with one attached hydrogen (secondary N) is 1. The zero-order chi connectivity index (χ0) is 18.8. The first-order chi connectivity index (χ1) is 10.7. The Morgan fingerprint density at radius 1 is 1.12 bits per heavy atom. The van der Waals surface area contributed by atoms with Crippen LogP contribution in [0.5, 0.6) is 0 Å². The molecule has 1 atom stereocenters. The quantitative estimate of drug-likeness (QED) is 0.568. The van der Waals surface area contributed by atoms with Crippen molar-refractivity contribution in [3.05, 3.63) is 29.8 Å². The van der Waals surface area contributed by atoms with Crippen molar-refractivity contribution in [3.8, 4) is 0 Å². The van der Waals surface area contributed by atoms with Gasteiger partial charge in [-0.15, -0.1) is 0 Å². The van der Waals surface area contributed by atoms with Crippen LogP contribution >= 0.6 is 0 Å². The summed E-state index contributed by atoms with van der Waals surface area (Å²) < 4.78 is 30.0. The lowest BCUT2D eigenvalue weighted by atomic mass is 10.0. The van der Waals surface area contributed by atoms with E-state index in [0.717, 1.165) is 5.56 Å². The molecular formula is C16H25NO6S. The lowest BCUT2D eigenvalue weighted by Gasteiger charge is -2.33. The van der Waals surface area contributed by atoms with Crippen LogP contribution in [0.3, 0.4) is 0 Å². The van der Waals surface area contributed by atoms with Gasteiger partial charge in [0.05, 0.1) is 10.5 Å². The second kappa shape index (κ2) is 7.18. The van der Waals surface area contributed by atoms with Crippen LogP contribution in [0.25, 0.3) is 0 Å². The van der Waals surface area contributed by atoms with E-state index < -0.39 is 33.3 Å². The maximum Gasteiger partial charge on any atom is 0.326 e. The Morgan fingerprint density at radius 2 is 1.62 bits per heavy atom. The molecule has 0 aromatic heterocycles. The average Bonchev–Trinajstić information content (AvgIpc) is 2.35. The molecule has 24 heavy (non-hydrogen) atoms. The summed E-state index contributed by atoms with van der Waals surface area (Å²) >= 11 is 0. The largest absolute Gasteiger partial charge is 0.480 e. The number of hydrogen-bond acceptors (Lipinski definition) is 6. The summed E-state index contributed by atoms with van der Waals surface area (Å²) in [5.74, 6) is -1.29. The molecule has 0 saturated heterocycles. The van der Waals surface area contributed by atoms with Crippen LogP contribution in [-0.4, -0.2) is 36.7 Å². The predicted molar refractivity (Wildman–Crippen MR) is 88.9 cm³/mol. The Hall–Kier alpha value is -1.48. The van der Waals surface area contributed by atoms with Crippen molar-refractivity contribution in [3.63, 3.8) is 0 Å². The SMILES string of the molecule is Cc1ccc(S(=O)(=O)OC(C)(C)C(NOC(C)(C)C)C(=O)O)cc1. The minimum Gasteiger partial charge on any atom is -0.480 e. The Balaban J connectivity index is 3.02. The Morgan fingerprint density at radius 3 is 2.04 bits per heavy atom. The monoisotopic (exact) mass is 359 g/mol. The third-order valence-electron chi connectivity index (χ3n) is 3.06. The van der Waals surface area contributed by atoms with Crippen molar-refractivity contribution in [1.82, 2.24) is 5.48 Å². The highest BCUT2D eigenvalue weighted by Crippen LogP contribution is 2.24. The van der Waals surface area contributed by atoms with Gasteiger partial charge in [-0.05, 0) is 53.7 Å². The maximum atomic E-state index is 12.4. The highest BCUT2D eigenvalue weighted by molar-refractivity contribution is 7.86. The van der Waals surface area contributed by atoms with E-state index in [4.69, 9.17) is 9.02 Å². The van der Waals surface area contributed by atoms with Gasteiger partial charge in [-0.2, -0.15) is 13.9 Å². The predicted octanol–water partition coefficient (Wildman–Crippen LogP) is 2.25. The van der Waals surface area contributed by atoms with E-state index in [1.54, 1.807) is 32.9 Å². The van der Waals surface area contributed by atoms with E-state index >= 15 is 0 Å². The Kier molecular flexibility index (Phi) is 6.15. The lowest BCUT2D eigenvalue weighted by molar-refractivity contribution is -0.161. The molecule has 0 aliphatic rings. The molecule has 0 bridgehead atoms. The van der Waals surface area contributed by atoms with Crippen LogP contribution in [0.2, 0.25) is 0 Å². The fourth-order valence-corrected chi connectivity index (χ4v) is 3.04. The van der Waals surface area contributed by atoms with Crippen molar-refractivity contribution in [2.75, 3.05) is 0 Å². The van der Waals surface area contributed by atoms with Crippen LogP contribution in [0.4, 0.5) is 0 Å². The molecule has 0 heterocycles. The van der Waals surface area contributed by atoms with Gasteiger partial charge in [-0.25, -0.2) is 0 Å². The summed E-state index contributed by atoms with van der Waals surface area (Å²) in [6, 6.07) is 4.71. The van der Waals surface area contributed by atoms with E-state index in [-0.39, 0.29) is 4.90 Å². The highest BCUT2D eigenvalue weighted by atomic mass is 32.2. The summed E-state index contributed by atoms with van der Waals surface area (Å²) in [5.41, 5.74) is 1.06. The molecule has 0 saturated carbocycles. The molecular weight excluding hydrogens is 334 g/mol. The third-order valence-corrected chi connectivity index (χ3v) is 4.56. The fourth-order valence-electron chi connectivity index (χ4n) is 1.81. The molecule has 0 radical (unpaired) electrons. The van der Waals surface area contributed by atoms with Gasteiger partial charge in [0, 0.05) is 0 Å². The molecule has 8 heteroatoms. The number of carbonyl (C=O) groups is 1. The van der Waals surface area contributed by atoms with Gasteiger partial charge in [0.2, 0.25) is 0 Å². The van der Waals surface area contributed by atoms with Gasteiger partial charge >= 0.3 is 5.97 Å². The topological polar surface area (TPSA) is 102 Å². The first kappa shape index (κ1) is 20.6. The molecule has 0 spiro atoms. The molecule has 136 valence electrons. The van der Waals surface area contributed by atoms with Gasteiger partial charge in [-0.1, -0.05) is 17.7 Å². The number of benzene rings is 1. The summed E-state index contributed by atoms with van der Waals surface area (Å²) in [6.45, 7) is 9.77. The Labute approximate surface area is 143 Å². The zero-order valence-corrected chi connectivity index (χ0v) is 15.6. The van der Waals surface area contributed by atoms with Gasteiger partial charge < -0.3 is 5.11 Å². The van der Waals surface area contributed by atoms with Gasteiger partial charge in [0.1, 0.15) is 5.60 Å². The number of aliphatic carboxylic acids is 1. The van der Waals surface area contributed by atoms with Gasteiger partial charge in [-0.3, -0.25) is 13.8 Å². The molecule has 1 unspecified atom stereocenters. The average molecular weight is 359 g/mol. The number of aryl methyl sites for hydroxylation is 1. The summed E-state index contributed by atoms with van der Waals surface area (Å²) in [6.07, 6.45) is 0. The second-order valence-electron chi connectivity index (χ2n) is 7.06. The minimum atomic E-state index is -4.13. The van der Waals surface area contributed by atoms with E-state index in [2.05, 4.69) is 5.48 Å². The smallest absolute Gasteiger partial charge is 0.326 e. The van der Waals surface area contributed by atoms with Crippen LogP contribution in [0.15, 0.2) is 29.2 Å². The summed E-state index contributed by atoms with van der Waals surface area (Å²) in [7, 11) is -4.13. The lowest BCUT2D eigenvalue weighted by Crippen LogP contribution is -2.55. The number of carboxylic acids is 1. The van der Waals surface area contributed by atoms with Crippen molar-refractivity contribution < 1.29 is 27.3 Å². The molecule has 1 aromatic carbocycles. The second-order valence-corrected chi connectivity index (χ2v) is 8.60. The van der Waals surface area contributed by atoms with Crippen molar-refractivity contribution in [2.24, 2.45) is 0 Å². The normalized spacial score (nSPS) is 14.4. The first-order valence-electron chi connectivity index (χ1n) is 7.43. The van der Waals surface area contributed by atoms with Crippen LogP contribution in [0.1, 0.15) is 40.2 Å². The van der Waals surface area contributed by atoms with Crippen molar-refractivity contribution in [2.45, 2.75) is 63.7 Å². The van der Waals surface area contributed by atoms with E-state index in [0.29, 0.717) is 0 Å². The molecule has 0 fully saturated rings. The summed E-state index contributed by atoms with van der Waals surface area (Å²) in [4.78, 5) is 16.7. The highest BCUT2D eigenvalue weighted by Gasteiger charge is 2.41. The summed E-state index contributed by atoms with van der Waals surface area (Å²) in [5, 5.41) is 9.39. The molecule has 1 aromatic rings. The molecule has 0 aliphatic heterocycles. The van der Waals surface area contributed by atoms with E-state index in [1.807, 2.05) is 6.92 Å². The first-order valence-corrected chi connectivity index (χ1v) is 8.84. The van der Waals surface area contributed by atoms with Gasteiger partial charge in [0.15, 0.2) is 6.04 Å². The third kappa shape index (κ3) is 5.86. The number of carboxylic acid groups (broad SMARTS) is 1. The van der Waals surface area contributed by atoms with Crippen LogP contribution in [-0.2, 0) is 23.9 Å². The number of rotatable bonds is 7. The molecule has 0 amide bonds. The van der Waals surface area contributed by atoms with Crippen LogP contribution < -0.4 is 5.48 Å². The molecule has 1 rings (SSSR count).